The Morgan fingerprint density at radius 2 is 1.48 bits per heavy atom. The van der Waals surface area contributed by atoms with Crippen molar-refractivity contribution in [3.63, 3.8) is 0 Å². The van der Waals surface area contributed by atoms with E-state index in [0.717, 1.165) is 11.4 Å². The molecule has 4 heteroatoms. The van der Waals surface area contributed by atoms with Crippen LogP contribution in [0, 0.1) is 0 Å². The van der Waals surface area contributed by atoms with Gasteiger partial charge in [-0.15, -0.1) is 0 Å². The second-order valence-corrected chi connectivity index (χ2v) is 22.5. The van der Waals surface area contributed by atoms with Crippen LogP contribution in [0.15, 0.2) is 53.5 Å². The number of methoxy groups -OCH3 is 1. The zero-order valence-corrected chi connectivity index (χ0v) is 23.5. The summed E-state index contributed by atoms with van der Waals surface area (Å²) in [5.41, 5.74) is 3.73. The molecular weight excluding hydrogens is 505 g/mol. The number of thiocarbonyl (C=S) groups is 1. The summed E-state index contributed by atoms with van der Waals surface area (Å²) in [6.07, 6.45) is 7.80. The van der Waals surface area contributed by atoms with Gasteiger partial charge in [0.1, 0.15) is 0 Å². The van der Waals surface area contributed by atoms with Gasteiger partial charge in [0.05, 0.1) is 0 Å². The molecule has 0 aliphatic rings. The molecule has 2 nitrogen and oxygen atoms in total. The summed E-state index contributed by atoms with van der Waals surface area (Å²) in [6, 6.07) is 17.5. The first-order valence-electron chi connectivity index (χ1n) is 12.0. The molecule has 2 aromatic rings. The molecular formula is C27H39NOSSn. The fourth-order valence-corrected chi connectivity index (χ4v) is 23.8. The SMILES string of the molecule is CCC[CH2][Sn]([CH2]CCC)([CH2]CCC)[CH](c1ccccc1)c1cc(OC)ccc1N=C=S. The van der Waals surface area contributed by atoms with Gasteiger partial charge in [-0.2, -0.15) is 0 Å². The van der Waals surface area contributed by atoms with Gasteiger partial charge in [0.2, 0.25) is 0 Å². The fourth-order valence-electron chi connectivity index (χ4n) is 4.94. The molecule has 0 radical (unpaired) electrons. The van der Waals surface area contributed by atoms with Crippen molar-refractivity contribution in [3.8, 4) is 5.75 Å². The van der Waals surface area contributed by atoms with Gasteiger partial charge in [0.25, 0.3) is 0 Å². The Morgan fingerprint density at radius 3 is 1.97 bits per heavy atom. The zero-order chi connectivity index (χ0) is 22.5. The number of rotatable bonds is 14. The Labute approximate surface area is 199 Å². The quantitative estimate of drug-likeness (QED) is 0.135. The predicted molar refractivity (Wildman–Crippen MR) is 141 cm³/mol. The van der Waals surface area contributed by atoms with Crippen LogP contribution in [0.3, 0.4) is 0 Å². The van der Waals surface area contributed by atoms with Gasteiger partial charge in [-0.25, -0.2) is 0 Å². The third-order valence-electron chi connectivity index (χ3n) is 6.54. The number of benzene rings is 2. The molecule has 0 fully saturated rings. The van der Waals surface area contributed by atoms with Crippen molar-refractivity contribution in [1.29, 1.82) is 0 Å². The average molecular weight is 544 g/mol. The molecule has 2 rings (SSSR count). The maximum absolute atomic E-state index is 5.67. The van der Waals surface area contributed by atoms with Gasteiger partial charge in [-0.3, -0.25) is 0 Å². The van der Waals surface area contributed by atoms with Crippen molar-refractivity contribution >= 4 is 41.4 Å². The summed E-state index contributed by atoms with van der Waals surface area (Å²) in [4.78, 5) is 4.53. The standard InChI is InChI=1S/C15H12NOS.3C4H9.Sn/c1-17-14-7-8-15(16-11-18)13(10-14)9-12-5-3-2-4-6-12;3*1-3-4-2;/h2-10H,1H3;3*1,3-4H2,2H3;. The number of unbranched alkanes of at least 4 members (excludes halogenated alkanes) is 3. The van der Waals surface area contributed by atoms with Gasteiger partial charge >= 0.3 is 200 Å². The Kier molecular flexibility index (Phi) is 11.9. The van der Waals surface area contributed by atoms with E-state index in [1.165, 1.54) is 63.0 Å². The Bertz CT molecular complexity index is 811. The minimum atomic E-state index is -2.73. The number of hydrogen-bond acceptors (Lipinski definition) is 3. The van der Waals surface area contributed by atoms with Crippen LogP contribution in [-0.2, 0) is 0 Å². The molecule has 0 aromatic heterocycles. The molecule has 0 N–H and O–H groups in total. The predicted octanol–water partition coefficient (Wildman–Crippen LogP) is 8.95. The van der Waals surface area contributed by atoms with Crippen LogP contribution in [0.2, 0.25) is 13.3 Å². The number of nitrogens with zero attached hydrogens (tertiary/aromatic N) is 1. The Hall–Kier alpha value is -1.16. The van der Waals surface area contributed by atoms with Crippen LogP contribution in [0.5, 0.6) is 5.75 Å². The van der Waals surface area contributed by atoms with Gasteiger partial charge in [-0.1, -0.05) is 0 Å². The molecule has 0 saturated heterocycles. The van der Waals surface area contributed by atoms with Crippen LogP contribution < -0.4 is 4.74 Å². The molecule has 1 unspecified atom stereocenters. The molecule has 2 aromatic carbocycles. The van der Waals surface area contributed by atoms with Crippen LogP contribution in [0.4, 0.5) is 5.69 Å². The first kappa shape index (κ1) is 26.1. The summed E-state index contributed by atoms with van der Waals surface area (Å²) in [7, 11) is 1.75. The summed E-state index contributed by atoms with van der Waals surface area (Å²) in [5.74, 6) is 0.904. The first-order chi connectivity index (χ1) is 15.2. The Balaban J connectivity index is 2.79. The molecule has 31 heavy (non-hydrogen) atoms. The zero-order valence-electron chi connectivity index (χ0n) is 19.8. The minimum absolute atomic E-state index is 0.456. The van der Waals surface area contributed by atoms with Crippen molar-refractivity contribution in [2.45, 2.75) is 76.5 Å². The summed E-state index contributed by atoms with van der Waals surface area (Å²) >= 11 is 2.30. The van der Waals surface area contributed by atoms with E-state index in [-0.39, 0.29) is 0 Å². The van der Waals surface area contributed by atoms with Gasteiger partial charge in [0, 0.05) is 0 Å². The summed E-state index contributed by atoms with van der Waals surface area (Å²) in [5, 5.41) is 2.64. The molecule has 0 amide bonds. The third kappa shape index (κ3) is 7.17. The normalized spacial score (nSPS) is 12.3. The summed E-state index contributed by atoms with van der Waals surface area (Å²) < 4.78 is 10.4. The number of ether oxygens (including phenoxy) is 1. The van der Waals surface area contributed by atoms with Crippen LogP contribution in [0.1, 0.15) is 74.4 Å². The van der Waals surface area contributed by atoms with Crippen LogP contribution in [0.25, 0.3) is 0 Å². The van der Waals surface area contributed by atoms with E-state index in [0.29, 0.717) is 3.93 Å². The van der Waals surface area contributed by atoms with E-state index in [4.69, 9.17) is 17.0 Å². The fraction of sp³-hybridized carbons (Fsp3) is 0.519. The van der Waals surface area contributed by atoms with Gasteiger partial charge < -0.3 is 0 Å². The van der Waals surface area contributed by atoms with Crippen molar-refractivity contribution in [2.24, 2.45) is 4.99 Å². The van der Waals surface area contributed by atoms with Crippen LogP contribution in [-0.4, -0.2) is 30.6 Å². The third-order valence-corrected chi connectivity index (χ3v) is 23.5. The molecule has 0 aliphatic carbocycles. The Morgan fingerprint density at radius 1 is 0.903 bits per heavy atom. The summed E-state index contributed by atoms with van der Waals surface area (Å²) in [6.45, 7) is 7.00. The second-order valence-electron chi connectivity index (χ2n) is 8.64. The first-order valence-corrected chi connectivity index (χ1v) is 20.1. The molecule has 1 atom stereocenters. The molecule has 0 saturated carbocycles. The molecule has 168 valence electrons. The van der Waals surface area contributed by atoms with E-state index >= 15 is 0 Å². The van der Waals surface area contributed by atoms with Crippen molar-refractivity contribution in [2.75, 3.05) is 7.11 Å². The molecule has 0 heterocycles. The van der Waals surface area contributed by atoms with Crippen molar-refractivity contribution in [1.82, 2.24) is 0 Å². The number of hydrogen-bond donors (Lipinski definition) is 0. The molecule has 0 bridgehead atoms. The van der Waals surface area contributed by atoms with Crippen molar-refractivity contribution in [3.05, 3.63) is 59.7 Å². The van der Waals surface area contributed by atoms with Crippen molar-refractivity contribution < 1.29 is 4.74 Å². The average Bonchev–Trinajstić information content (AvgIpc) is 2.81. The topological polar surface area (TPSA) is 21.6 Å². The maximum atomic E-state index is 5.67. The second kappa shape index (κ2) is 14.1. The number of isothiocyanates is 1. The molecule has 0 spiro atoms. The van der Waals surface area contributed by atoms with Crippen LogP contribution >= 0.6 is 12.2 Å². The van der Waals surface area contributed by atoms with E-state index in [1.807, 2.05) is 6.07 Å². The van der Waals surface area contributed by atoms with E-state index < -0.39 is 18.4 Å². The van der Waals surface area contributed by atoms with E-state index in [9.17, 15) is 0 Å². The van der Waals surface area contributed by atoms with Gasteiger partial charge in [-0.05, 0) is 0 Å². The number of aliphatic imine (C=N–C) groups is 1. The van der Waals surface area contributed by atoms with E-state index in [1.54, 1.807) is 7.11 Å². The monoisotopic (exact) mass is 545 g/mol. The van der Waals surface area contributed by atoms with E-state index in [2.05, 4.69) is 73.4 Å². The molecule has 0 aliphatic heterocycles. The van der Waals surface area contributed by atoms with Gasteiger partial charge in [0.15, 0.2) is 0 Å².